The number of halogens is 1. The minimum absolute atomic E-state index is 0.0441. The van der Waals surface area contributed by atoms with Gasteiger partial charge in [0.25, 0.3) is 5.22 Å². The Balaban J connectivity index is 1.65. The molecule has 3 aromatic rings. The fourth-order valence-corrected chi connectivity index (χ4v) is 4.31. The molecule has 0 fully saturated rings. The topological polar surface area (TPSA) is 94.3 Å². The first-order chi connectivity index (χ1) is 13.9. The Kier molecular flexibility index (Phi) is 6.94. The zero-order valence-corrected chi connectivity index (χ0v) is 18.3. The van der Waals surface area contributed by atoms with E-state index >= 15 is 0 Å². The van der Waals surface area contributed by atoms with Crippen molar-refractivity contribution in [1.29, 1.82) is 0 Å². The monoisotopic (exact) mass is 451 g/mol. The molecule has 1 amide bonds. The predicted molar refractivity (Wildman–Crippen MR) is 114 cm³/mol. The molecular weight excluding hydrogens is 434 g/mol. The van der Waals surface area contributed by atoms with Crippen molar-refractivity contribution in [2.24, 2.45) is 0 Å². The smallest absolute Gasteiger partial charge is 0.341 e. The van der Waals surface area contributed by atoms with Gasteiger partial charge in [-0.15, -0.1) is 21.5 Å². The summed E-state index contributed by atoms with van der Waals surface area (Å²) in [7, 11) is 0. The Morgan fingerprint density at radius 3 is 2.76 bits per heavy atom. The lowest BCUT2D eigenvalue weighted by molar-refractivity contribution is -0.113. The molecule has 0 atom stereocenters. The average Bonchev–Trinajstić information content (AvgIpc) is 3.25. The molecule has 0 spiro atoms. The first-order valence-corrected chi connectivity index (χ1v) is 10.9. The maximum Gasteiger partial charge on any atom is 0.341 e. The predicted octanol–water partition coefficient (Wildman–Crippen LogP) is 4.98. The van der Waals surface area contributed by atoms with Crippen LogP contribution in [0.4, 0.5) is 5.00 Å². The number of hydrogen-bond donors (Lipinski definition) is 1. The van der Waals surface area contributed by atoms with Gasteiger partial charge in [0.15, 0.2) is 0 Å². The third kappa shape index (κ3) is 4.98. The molecule has 29 heavy (non-hydrogen) atoms. The zero-order valence-electron chi connectivity index (χ0n) is 15.9. The quantitative estimate of drug-likeness (QED) is 0.400. The fourth-order valence-electron chi connectivity index (χ4n) is 2.47. The maximum absolute atomic E-state index is 12.4. The van der Waals surface area contributed by atoms with Crippen LogP contribution in [0.1, 0.15) is 27.7 Å². The number of thiophene rings is 1. The van der Waals surface area contributed by atoms with Gasteiger partial charge in [-0.3, -0.25) is 4.79 Å². The molecule has 1 N–H and O–H groups in total. The standard InChI is InChI=1S/C19H18ClN3O4S2/c1-4-26-18(25)15-10(2)11(3)29-17(15)21-14(24)9-28-19-23-22-16(27-19)12-7-5-6-8-13(12)20/h5-8H,4,9H2,1-3H3,(H,21,24). The summed E-state index contributed by atoms with van der Waals surface area (Å²) < 4.78 is 10.7. The molecule has 2 heterocycles. The summed E-state index contributed by atoms with van der Waals surface area (Å²) in [5.74, 6) is -0.409. The number of ether oxygens (including phenoxy) is 1. The van der Waals surface area contributed by atoms with Crippen LogP contribution in [0.3, 0.4) is 0 Å². The number of carbonyl (C=O) groups excluding carboxylic acids is 2. The van der Waals surface area contributed by atoms with Crippen LogP contribution in [-0.2, 0) is 9.53 Å². The van der Waals surface area contributed by atoms with Crippen LogP contribution in [0.2, 0.25) is 5.02 Å². The van der Waals surface area contributed by atoms with E-state index in [1.807, 2.05) is 19.9 Å². The third-order valence-corrected chi connectivity index (χ3v) is 6.23. The summed E-state index contributed by atoms with van der Waals surface area (Å²) in [5.41, 5.74) is 1.82. The SMILES string of the molecule is CCOC(=O)c1c(NC(=O)CSc2nnc(-c3ccccc3Cl)o2)sc(C)c1C. The molecule has 3 rings (SSSR count). The lowest BCUT2D eigenvalue weighted by Crippen LogP contribution is -2.16. The number of thioether (sulfide) groups is 1. The highest BCUT2D eigenvalue weighted by Crippen LogP contribution is 2.33. The van der Waals surface area contributed by atoms with Gasteiger partial charge in [0.2, 0.25) is 11.8 Å². The van der Waals surface area contributed by atoms with Gasteiger partial charge < -0.3 is 14.5 Å². The Bertz CT molecular complexity index is 1050. The lowest BCUT2D eigenvalue weighted by Gasteiger charge is -2.06. The minimum Gasteiger partial charge on any atom is -0.462 e. The van der Waals surface area contributed by atoms with Crippen molar-refractivity contribution in [2.45, 2.75) is 26.0 Å². The summed E-state index contributed by atoms with van der Waals surface area (Å²) in [6.07, 6.45) is 0. The molecule has 0 aliphatic heterocycles. The van der Waals surface area contributed by atoms with E-state index in [9.17, 15) is 9.59 Å². The van der Waals surface area contributed by atoms with E-state index < -0.39 is 5.97 Å². The molecule has 152 valence electrons. The van der Waals surface area contributed by atoms with E-state index in [0.29, 0.717) is 21.2 Å². The second-order valence-electron chi connectivity index (χ2n) is 5.90. The van der Waals surface area contributed by atoms with Crippen molar-refractivity contribution in [2.75, 3.05) is 17.7 Å². The number of aromatic nitrogens is 2. The normalized spacial score (nSPS) is 10.8. The number of anilines is 1. The van der Waals surface area contributed by atoms with Gasteiger partial charge in [0, 0.05) is 4.88 Å². The van der Waals surface area contributed by atoms with Crippen LogP contribution in [-0.4, -0.2) is 34.4 Å². The molecular formula is C19H18ClN3O4S2. The number of esters is 1. The summed E-state index contributed by atoms with van der Waals surface area (Å²) >= 11 is 8.57. The van der Waals surface area contributed by atoms with E-state index in [-0.39, 0.29) is 29.4 Å². The highest BCUT2D eigenvalue weighted by atomic mass is 35.5. The molecule has 0 unspecified atom stereocenters. The van der Waals surface area contributed by atoms with Crippen LogP contribution in [0.25, 0.3) is 11.5 Å². The van der Waals surface area contributed by atoms with Crippen molar-refractivity contribution < 1.29 is 18.7 Å². The van der Waals surface area contributed by atoms with E-state index in [1.54, 1.807) is 25.1 Å². The Hall–Kier alpha value is -2.36. The average molecular weight is 452 g/mol. The molecule has 0 aliphatic rings. The lowest BCUT2D eigenvalue weighted by atomic mass is 10.1. The second kappa shape index (κ2) is 9.43. The Morgan fingerprint density at radius 2 is 2.03 bits per heavy atom. The first kappa shape index (κ1) is 21.4. The van der Waals surface area contributed by atoms with Crippen LogP contribution >= 0.6 is 34.7 Å². The van der Waals surface area contributed by atoms with Crippen molar-refractivity contribution >= 4 is 51.6 Å². The highest BCUT2D eigenvalue weighted by Gasteiger charge is 2.22. The number of aryl methyl sites for hydroxylation is 1. The number of carbonyl (C=O) groups is 2. The Morgan fingerprint density at radius 1 is 1.28 bits per heavy atom. The molecule has 0 aliphatic carbocycles. The van der Waals surface area contributed by atoms with Crippen LogP contribution in [0, 0.1) is 13.8 Å². The number of nitrogens with zero attached hydrogens (tertiary/aromatic N) is 2. The highest BCUT2D eigenvalue weighted by molar-refractivity contribution is 7.99. The molecule has 0 radical (unpaired) electrons. The molecule has 10 heteroatoms. The number of hydrogen-bond acceptors (Lipinski definition) is 8. The van der Waals surface area contributed by atoms with Crippen LogP contribution < -0.4 is 5.32 Å². The molecule has 7 nitrogen and oxygen atoms in total. The van der Waals surface area contributed by atoms with Gasteiger partial charge in [-0.25, -0.2) is 4.79 Å². The van der Waals surface area contributed by atoms with Crippen molar-refractivity contribution in [3.8, 4) is 11.5 Å². The molecule has 0 saturated heterocycles. The van der Waals surface area contributed by atoms with Gasteiger partial charge in [-0.1, -0.05) is 35.5 Å². The number of nitrogens with one attached hydrogen (secondary N) is 1. The van der Waals surface area contributed by atoms with Crippen molar-refractivity contribution in [1.82, 2.24) is 10.2 Å². The van der Waals surface area contributed by atoms with E-state index in [0.717, 1.165) is 22.2 Å². The number of amides is 1. The van der Waals surface area contributed by atoms with Gasteiger partial charge >= 0.3 is 5.97 Å². The van der Waals surface area contributed by atoms with Gasteiger partial charge in [-0.05, 0) is 38.5 Å². The molecule has 0 bridgehead atoms. The van der Waals surface area contributed by atoms with Gasteiger partial charge in [-0.2, -0.15) is 0 Å². The van der Waals surface area contributed by atoms with E-state index in [4.69, 9.17) is 20.8 Å². The maximum atomic E-state index is 12.4. The molecule has 0 saturated carbocycles. The summed E-state index contributed by atoms with van der Waals surface area (Å²) in [6, 6.07) is 7.13. The largest absolute Gasteiger partial charge is 0.462 e. The van der Waals surface area contributed by atoms with Crippen molar-refractivity contribution in [3.05, 3.63) is 45.3 Å². The summed E-state index contributed by atoms with van der Waals surface area (Å²) in [5, 5.41) is 11.9. The van der Waals surface area contributed by atoms with Gasteiger partial charge in [0.1, 0.15) is 5.00 Å². The van der Waals surface area contributed by atoms with Crippen LogP contribution in [0.5, 0.6) is 0 Å². The van der Waals surface area contributed by atoms with E-state index in [2.05, 4.69) is 15.5 Å². The number of benzene rings is 1. The molecule has 2 aromatic heterocycles. The van der Waals surface area contributed by atoms with Crippen LogP contribution in [0.15, 0.2) is 33.9 Å². The second-order valence-corrected chi connectivity index (χ2v) is 8.46. The number of rotatable bonds is 7. The van der Waals surface area contributed by atoms with E-state index in [1.165, 1.54) is 11.3 Å². The molecule has 1 aromatic carbocycles. The third-order valence-electron chi connectivity index (χ3n) is 3.96. The zero-order chi connectivity index (χ0) is 21.0. The summed E-state index contributed by atoms with van der Waals surface area (Å²) in [4.78, 5) is 25.5. The van der Waals surface area contributed by atoms with Crippen molar-refractivity contribution in [3.63, 3.8) is 0 Å². The first-order valence-electron chi connectivity index (χ1n) is 8.68. The fraction of sp³-hybridized carbons (Fsp3) is 0.263. The summed E-state index contributed by atoms with van der Waals surface area (Å²) in [6.45, 7) is 5.73. The Labute approximate surface area is 180 Å². The van der Waals surface area contributed by atoms with Gasteiger partial charge in [0.05, 0.1) is 28.5 Å². The minimum atomic E-state index is -0.446.